The van der Waals surface area contributed by atoms with Crippen LogP contribution >= 0.6 is 0 Å². The van der Waals surface area contributed by atoms with Gasteiger partial charge in [-0.05, 0) is 68.1 Å². The largest absolute Gasteiger partial charge is 0.352 e. The van der Waals surface area contributed by atoms with Crippen LogP contribution in [0.15, 0.2) is 53.7 Å². The Labute approximate surface area is 181 Å². The highest BCUT2D eigenvalue weighted by Gasteiger charge is 2.25. The molecule has 0 spiro atoms. The number of carbonyl (C=O) groups is 1. The molecular formula is C22H25N5O3S. The van der Waals surface area contributed by atoms with Crippen molar-refractivity contribution in [1.82, 2.24) is 20.1 Å². The zero-order valence-corrected chi connectivity index (χ0v) is 18.3. The second-order valence-corrected chi connectivity index (χ2v) is 9.45. The quantitative estimate of drug-likeness (QED) is 0.561. The molecule has 1 aliphatic carbocycles. The van der Waals surface area contributed by atoms with Crippen molar-refractivity contribution in [3.05, 3.63) is 71.3 Å². The number of benzene rings is 2. The maximum absolute atomic E-state index is 12.7. The van der Waals surface area contributed by atoms with Crippen molar-refractivity contribution in [2.45, 2.75) is 44.0 Å². The summed E-state index contributed by atoms with van der Waals surface area (Å²) in [4.78, 5) is 12.5. The number of nitrogens with one attached hydrogen (secondary N) is 2. The normalized spacial score (nSPS) is 13.7. The number of anilines is 1. The van der Waals surface area contributed by atoms with Crippen LogP contribution in [0.1, 0.15) is 46.2 Å². The van der Waals surface area contributed by atoms with Crippen molar-refractivity contribution in [2.24, 2.45) is 0 Å². The van der Waals surface area contributed by atoms with Gasteiger partial charge >= 0.3 is 0 Å². The van der Waals surface area contributed by atoms with E-state index in [0.717, 1.165) is 29.8 Å². The Morgan fingerprint density at radius 3 is 2.58 bits per heavy atom. The van der Waals surface area contributed by atoms with Crippen LogP contribution in [0.2, 0.25) is 0 Å². The predicted octanol–water partition coefficient (Wildman–Crippen LogP) is 3.00. The number of rotatable bonds is 8. The third kappa shape index (κ3) is 4.77. The van der Waals surface area contributed by atoms with Gasteiger partial charge in [-0.15, -0.1) is 10.2 Å². The first-order valence-corrected chi connectivity index (χ1v) is 11.7. The second-order valence-electron chi connectivity index (χ2n) is 7.77. The van der Waals surface area contributed by atoms with Gasteiger partial charge in [-0.2, -0.15) is 0 Å². The fourth-order valence-corrected chi connectivity index (χ4v) is 4.47. The zero-order valence-electron chi connectivity index (χ0n) is 17.5. The molecule has 0 bridgehead atoms. The summed E-state index contributed by atoms with van der Waals surface area (Å²) in [5.74, 6) is 0.602. The van der Waals surface area contributed by atoms with Crippen LogP contribution in [-0.2, 0) is 16.4 Å². The van der Waals surface area contributed by atoms with Gasteiger partial charge < -0.3 is 9.88 Å². The molecule has 1 saturated carbocycles. The minimum atomic E-state index is -3.75. The summed E-state index contributed by atoms with van der Waals surface area (Å²) >= 11 is 0. The van der Waals surface area contributed by atoms with Gasteiger partial charge in [0.2, 0.25) is 0 Å². The van der Waals surface area contributed by atoms with Gasteiger partial charge in [0.05, 0.1) is 10.6 Å². The molecule has 1 aliphatic rings. The average Bonchev–Trinajstić information content (AvgIpc) is 3.49. The average molecular weight is 440 g/mol. The van der Waals surface area contributed by atoms with Gasteiger partial charge in [0.15, 0.2) is 0 Å². The van der Waals surface area contributed by atoms with E-state index in [1.165, 1.54) is 24.3 Å². The Bertz CT molecular complexity index is 1200. The number of sulfonamides is 1. The van der Waals surface area contributed by atoms with E-state index in [2.05, 4.69) is 24.8 Å². The number of hydrogen-bond donors (Lipinski definition) is 2. The minimum absolute atomic E-state index is 0.0995. The summed E-state index contributed by atoms with van der Waals surface area (Å²) in [7, 11) is -3.75. The molecule has 3 aromatic rings. The summed E-state index contributed by atoms with van der Waals surface area (Å²) in [6, 6.07) is 11.9. The zero-order chi connectivity index (χ0) is 22.0. The lowest BCUT2D eigenvalue weighted by molar-refractivity contribution is 0.0954. The van der Waals surface area contributed by atoms with E-state index in [4.69, 9.17) is 0 Å². The highest BCUT2D eigenvalue weighted by molar-refractivity contribution is 7.92. The first-order valence-electron chi connectivity index (χ1n) is 10.2. The topological polar surface area (TPSA) is 106 Å². The molecule has 2 aromatic carbocycles. The molecule has 1 heterocycles. The number of aromatic nitrogens is 3. The van der Waals surface area contributed by atoms with E-state index >= 15 is 0 Å². The van der Waals surface area contributed by atoms with E-state index < -0.39 is 10.0 Å². The van der Waals surface area contributed by atoms with Crippen LogP contribution in [0.3, 0.4) is 0 Å². The Morgan fingerprint density at radius 2 is 1.87 bits per heavy atom. The van der Waals surface area contributed by atoms with Crippen molar-refractivity contribution in [3.8, 4) is 0 Å². The number of aryl methyl sites for hydroxylation is 1. The first kappa shape index (κ1) is 21.0. The monoisotopic (exact) mass is 439 g/mol. The predicted molar refractivity (Wildman–Crippen MR) is 117 cm³/mol. The molecule has 4 rings (SSSR count). The highest BCUT2D eigenvalue weighted by atomic mass is 32.2. The van der Waals surface area contributed by atoms with Crippen LogP contribution in [0.4, 0.5) is 5.69 Å². The lowest BCUT2D eigenvalue weighted by Gasteiger charge is -2.12. The molecule has 1 aromatic heterocycles. The van der Waals surface area contributed by atoms with Crippen molar-refractivity contribution in [3.63, 3.8) is 0 Å². The van der Waals surface area contributed by atoms with Gasteiger partial charge in [-0.25, -0.2) is 8.42 Å². The molecule has 0 radical (unpaired) electrons. The number of nitrogens with zero attached hydrogens (tertiary/aromatic N) is 3. The Morgan fingerprint density at radius 1 is 1.13 bits per heavy atom. The highest BCUT2D eigenvalue weighted by Crippen LogP contribution is 2.35. The van der Waals surface area contributed by atoms with E-state index in [9.17, 15) is 13.2 Å². The fourth-order valence-electron chi connectivity index (χ4n) is 3.34. The SMILES string of the molecule is Cc1cccc(NS(=O)(=O)c2ccc(C(=O)NCCc3nncn3C3CC3)cc2)c1C. The van der Waals surface area contributed by atoms with E-state index in [0.29, 0.717) is 30.3 Å². The molecule has 8 nitrogen and oxygen atoms in total. The first-order chi connectivity index (χ1) is 14.8. The van der Waals surface area contributed by atoms with E-state index in [1.54, 1.807) is 18.5 Å². The number of amides is 1. The Hall–Kier alpha value is -3.20. The summed E-state index contributed by atoms with van der Waals surface area (Å²) in [5, 5.41) is 10.9. The molecule has 0 aliphatic heterocycles. The third-order valence-electron chi connectivity index (χ3n) is 5.50. The molecule has 31 heavy (non-hydrogen) atoms. The summed E-state index contributed by atoms with van der Waals surface area (Å²) in [5.41, 5.74) is 2.82. The molecular weight excluding hydrogens is 414 g/mol. The Kier molecular flexibility index (Phi) is 5.77. The molecule has 0 atom stereocenters. The van der Waals surface area contributed by atoms with Gasteiger partial charge in [0.25, 0.3) is 15.9 Å². The summed E-state index contributed by atoms with van der Waals surface area (Å²) < 4.78 is 30.1. The van der Waals surface area contributed by atoms with Crippen molar-refractivity contribution in [2.75, 3.05) is 11.3 Å². The van der Waals surface area contributed by atoms with Gasteiger partial charge in [-0.1, -0.05) is 12.1 Å². The third-order valence-corrected chi connectivity index (χ3v) is 6.88. The molecule has 9 heteroatoms. The van der Waals surface area contributed by atoms with Crippen LogP contribution in [0.5, 0.6) is 0 Å². The van der Waals surface area contributed by atoms with E-state index in [1.807, 2.05) is 19.9 Å². The molecule has 162 valence electrons. The van der Waals surface area contributed by atoms with Crippen molar-refractivity contribution >= 4 is 21.6 Å². The molecule has 0 unspecified atom stereocenters. The van der Waals surface area contributed by atoms with Crippen molar-refractivity contribution in [1.29, 1.82) is 0 Å². The fraction of sp³-hybridized carbons (Fsp3) is 0.318. The standard InChI is InChI=1S/C22H25N5O3S/c1-15-4-3-5-20(16(15)2)26-31(29,30)19-10-6-17(7-11-19)22(28)23-13-12-21-25-24-14-27(21)18-8-9-18/h3-7,10-11,14,18,26H,8-9,12-13H2,1-2H3,(H,23,28). The summed E-state index contributed by atoms with van der Waals surface area (Å²) in [6.07, 6.45) is 4.62. The lowest BCUT2D eigenvalue weighted by atomic mass is 10.1. The van der Waals surface area contributed by atoms with Gasteiger partial charge in [0, 0.05) is 24.6 Å². The number of hydrogen-bond acceptors (Lipinski definition) is 5. The number of carbonyl (C=O) groups excluding carboxylic acids is 1. The smallest absolute Gasteiger partial charge is 0.261 e. The molecule has 2 N–H and O–H groups in total. The molecule has 1 amide bonds. The van der Waals surface area contributed by atoms with Crippen LogP contribution in [-0.4, -0.2) is 35.6 Å². The molecule has 1 fully saturated rings. The van der Waals surface area contributed by atoms with Crippen LogP contribution < -0.4 is 10.0 Å². The van der Waals surface area contributed by atoms with Gasteiger partial charge in [-0.3, -0.25) is 9.52 Å². The van der Waals surface area contributed by atoms with Crippen LogP contribution in [0.25, 0.3) is 0 Å². The second kappa shape index (κ2) is 8.50. The summed E-state index contributed by atoms with van der Waals surface area (Å²) in [6.45, 7) is 4.22. The van der Waals surface area contributed by atoms with Gasteiger partial charge in [0.1, 0.15) is 12.2 Å². The van der Waals surface area contributed by atoms with E-state index in [-0.39, 0.29) is 10.8 Å². The van der Waals surface area contributed by atoms with Crippen molar-refractivity contribution < 1.29 is 13.2 Å². The maximum atomic E-state index is 12.7. The maximum Gasteiger partial charge on any atom is 0.261 e. The molecule has 0 saturated heterocycles. The Balaban J connectivity index is 1.37. The van der Waals surface area contributed by atoms with Crippen LogP contribution in [0, 0.1) is 13.8 Å². The minimum Gasteiger partial charge on any atom is -0.352 e. The lowest BCUT2D eigenvalue weighted by Crippen LogP contribution is -2.26.